The van der Waals surface area contributed by atoms with Crippen LogP contribution in [0.25, 0.3) is 0 Å². The van der Waals surface area contributed by atoms with Crippen molar-refractivity contribution in [1.29, 1.82) is 0 Å². The van der Waals surface area contributed by atoms with Gasteiger partial charge in [-0.3, -0.25) is 9.52 Å². The van der Waals surface area contributed by atoms with Crippen molar-refractivity contribution in [3.63, 3.8) is 0 Å². The van der Waals surface area contributed by atoms with E-state index in [1.165, 1.54) is 6.20 Å². The van der Waals surface area contributed by atoms with Gasteiger partial charge in [0.05, 0.1) is 16.1 Å². The molecule has 1 aliphatic heterocycles. The summed E-state index contributed by atoms with van der Waals surface area (Å²) < 4.78 is 29.3. The highest BCUT2D eigenvalue weighted by molar-refractivity contribution is 7.92. The minimum Gasteiger partial charge on any atom is -0.352 e. The Hall–Kier alpha value is -3.43. The fourth-order valence-electron chi connectivity index (χ4n) is 4.01. The number of anilines is 2. The SMILES string of the molecule is Cc1ccc(S(=O)(=O)Nc2cc(C(=O)N(C)Cc3ccccc3)cnc2N2CCNCC2)cc1C. The van der Waals surface area contributed by atoms with E-state index in [1.54, 1.807) is 36.2 Å². The first-order chi connectivity index (χ1) is 16.7. The number of rotatable bonds is 7. The van der Waals surface area contributed by atoms with E-state index in [2.05, 4.69) is 15.0 Å². The number of carbonyl (C=O) groups is 1. The number of sulfonamides is 1. The molecule has 2 aromatic carbocycles. The third-order valence-corrected chi connectivity index (χ3v) is 7.54. The van der Waals surface area contributed by atoms with Gasteiger partial charge in [-0.05, 0) is 48.7 Å². The second-order valence-electron chi connectivity index (χ2n) is 8.83. The Kier molecular flexibility index (Phi) is 7.37. The van der Waals surface area contributed by atoms with Gasteiger partial charge >= 0.3 is 0 Å². The normalized spacial score (nSPS) is 14.0. The van der Waals surface area contributed by atoms with Crippen LogP contribution in [0.5, 0.6) is 0 Å². The molecule has 0 aliphatic carbocycles. The van der Waals surface area contributed by atoms with E-state index in [-0.39, 0.29) is 10.8 Å². The molecule has 0 radical (unpaired) electrons. The van der Waals surface area contributed by atoms with Crippen molar-refractivity contribution in [3.8, 4) is 0 Å². The molecule has 9 heteroatoms. The van der Waals surface area contributed by atoms with Crippen LogP contribution in [0.2, 0.25) is 0 Å². The summed E-state index contributed by atoms with van der Waals surface area (Å²) in [6, 6.07) is 16.3. The molecule has 4 rings (SSSR count). The molecule has 1 fully saturated rings. The van der Waals surface area contributed by atoms with Gasteiger partial charge in [0.1, 0.15) is 0 Å². The minimum absolute atomic E-state index is 0.171. The van der Waals surface area contributed by atoms with Gasteiger partial charge in [0.2, 0.25) is 0 Å². The van der Waals surface area contributed by atoms with Crippen LogP contribution in [0.1, 0.15) is 27.0 Å². The molecule has 1 amide bonds. The molecule has 0 spiro atoms. The van der Waals surface area contributed by atoms with Crippen molar-refractivity contribution >= 4 is 27.4 Å². The molecule has 1 aromatic heterocycles. The third-order valence-electron chi connectivity index (χ3n) is 6.17. The molecule has 0 unspecified atom stereocenters. The Morgan fingerprint density at radius 2 is 1.77 bits per heavy atom. The van der Waals surface area contributed by atoms with E-state index in [4.69, 9.17) is 0 Å². The van der Waals surface area contributed by atoms with Gasteiger partial charge in [-0.25, -0.2) is 13.4 Å². The summed E-state index contributed by atoms with van der Waals surface area (Å²) in [5.41, 5.74) is 3.52. The molecule has 1 aliphatic rings. The van der Waals surface area contributed by atoms with E-state index >= 15 is 0 Å². The van der Waals surface area contributed by atoms with Crippen molar-refractivity contribution in [2.75, 3.05) is 42.8 Å². The lowest BCUT2D eigenvalue weighted by molar-refractivity contribution is 0.0784. The number of benzene rings is 2. The van der Waals surface area contributed by atoms with Gasteiger partial charge in [-0.1, -0.05) is 36.4 Å². The second-order valence-corrected chi connectivity index (χ2v) is 10.5. The Balaban J connectivity index is 1.66. The zero-order chi connectivity index (χ0) is 25.0. The largest absolute Gasteiger partial charge is 0.352 e. The van der Waals surface area contributed by atoms with E-state index in [9.17, 15) is 13.2 Å². The minimum atomic E-state index is -3.88. The average Bonchev–Trinajstić information content (AvgIpc) is 2.86. The highest BCUT2D eigenvalue weighted by Crippen LogP contribution is 2.28. The molecule has 8 nitrogen and oxygen atoms in total. The monoisotopic (exact) mass is 493 g/mol. The zero-order valence-electron chi connectivity index (χ0n) is 20.3. The molecule has 0 bridgehead atoms. The van der Waals surface area contributed by atoms with Crippen molar-refractivity contribution < 1.29 is 13.2 Å². The lowest BCUT2D eigenvalue weighted by Gasteiger charge is -2.30. The van der Waals surface area contributed by atoms with E-state index in [0.717, 1.165) is 29.8 Å². The van der Waals surface area contributed by atoms with Crippen LogP contribution in [0.4, 0.5) is 11.5 Å². The lowest BCUT2D eigenvalue weighted by Crippen LogP contribution is -2.44. The third kappa shape index (κ3) is 5.80. The molecule has 184 valence electrons. The van der Waals surface area contributed by atoms with Crippen LogP contribution < -0.4 is 14.9 Å². The summed E-state index contributed by atoms with van der Waals surface area (Å²) in [6.07, 6.45) is 1.52. The topological polar surface area (TPSA) is 94.6 Å². The summed E-state index contributed by atoms with van der Waals surface area (Å²) in [4.78, 5) is 21.5. The number of aromatic nitrogens is 1. The summed E-state index contributed by atoms with van der Waals surface area (Å²) in [6.45, 7) is 7.16. The Morgan fingerprint density at radius 1 is 1.06 bits per heavy atom. The Labute approximate surface area is 207 Å². The number of aryl methyl sites for hydroxylation is 2. The van der Waals surface area contributed by atoms with Crippen LogP contribution in [0, 0.1) is 13.8 Å². The number of hydrogen-bond acceptors (Lipinski definition) is 6. The average molecular weight is 494 g/mol. The molecule has 3 aromatic rings. The molecular weight excluding hydrogens is 462 g/mol. The van der Waals surface area contributed by atoms with E-state index < -0.39 is 10.0 Å². The standard InChI is InChI=1S/C26H31N5O3S/c1-19-9-10-23(15-20(19)2)35(33,34)29-24-16-22(17-28-25(24)31-13-11-27-12-14-31)26(32)30(3)18-21-7-5-4-6-8-21/h4-10,15-17,27,29H,11-14,18H2,1-3H3. The molecule has 35 heavy (non-hydrogen) atoms. The molecule has 2 heterocycles. The first-order valence-corrected chi connectivity index (χ1v) is 13.1. The van der Waals surface area contributed by atoms with E-state index in [1.807, 2.05) is 49.1 Å². The van der Waals surface area contributed by atoms with Crippen molar-refractivity contribution in [1.82, 2.24) is 15.2 Å². The fraction of sp³-hybridized carbons (Fsp3) is 0.308. The number of hydrogen-bond donors (Lipinski definition) is 2. The van der Waals surface area contributed by atoms with Gasteiger partial charge in [0.15, 0.2) is 5.82 Å². The quantitative estimate of drug-likeness (QED) is 0.525. The fourth-order valence-corrected chi connectivity index (χ4v) is 5.15. The molecular formula is C26H31N5O3S. The summed E-state index contributed by atoms with van der Waals surface area (Å²) in [7, 11) is -2.16. The maximum absolute atomic E-state index is 13.3. The smallest absolute Gasteiger partial charge is 0.262 e. The summed E-state index contributed by atoms with van der Waals surface area (Å²) in [5.74, 6) is 0.279. The number of carbonyl (C=O) groups excluding carboxylic acids is 1. The summed E-state index contributed by atoms with van der Waals surface area (Å²) in [5, 5.41) is 3.29. The molecule has 0 atom stereocenters. The van der Waals surface area contributed by atoms with Crippen molar-refractivity contribution in [2.45, 2.75) is 25.3 Å². The Bertz CT molecular complexity index is 1310. The van der Waals surface area contributed by atoms with Gasteiger partial charge < -0.3 is 15.1 Å². The van der Waals surface area contributed by atoms with Crippen molar-refractivity contribution in [3.05, 3.63) is 83.0 Å². The number of nitrogens with one attached hydrogen (secondary N) is 2. The highest BCUT2D eigenvalue weighted by atomic mass is 32.2. The molecule has 2 N–H and O–H groups in total. The van der Waals surface area contributed by atoms with Crippen LogP contribution in [0.15, 0.2) is 65.7 Å². The van der Waals surface area contributed by atoms with Crippen LogP contribution in [-0.4, -0.2) is 57.4 Å². The number of amides is 1. The van der Waals surface area contributed by atoms with Crippen LogP contribution >= 0.6 is 0 Å². The maximum atomic E-state index is 13.3. The Morgan fingerprint density at radius 3 is 2.46 bits per heavy atom. The maximum Gasteiger partial charge on any atom is 0.262 e. The lowest BCUT2D eigenvalue weighted by atomic mass is 10.1. The molecule has 0 saturated carbocycles. The predicted octanol–water partition coefficient (Wildman–Crippen LogP) is 3.18. The predicted molar refractivity (Wildman–Crippen MR) is 138 cm³/mol. The first kappa shape index (κ1) is 24.7. The van der Waals surface area contributed by atoms with Gasteiger partial charge in [-0.2, -0.15) is 0 Å². The zero-order valence-corrected chi connectivity index (χ0v) is 21.1. The second kappa shape index (κ2) is 10.5. The summed E-state index contributed by atoms with van der Waals surface area (Å²) >= 11 is 0. The first-order valence-electron chi connectivity index (χ1n) is 11.6. The van der Waals surface area contributed by atoms with Gasteiger partial charge in [0, 0.05) is 46.0 Å². The van der Waals surface area contributed by atoms with Gasteiger partial charge in [-0.15, -0.1) is 0 Å². The van der Waals surface area contributed by atoms with Gasteiger partial charge in [0.25, 0.3) is 15.9 Å². The van der Waals surface area contributed by atoms with Crippen LogP contribution in [-0.2, 0) is 16.6 Å². The van der Waals surface area contributed by atoms with Crippen molar-refractivity contribution in [2.24, 2.45) is 0 Å². The molecule has 1 saturated heterocycles. The number of nitrogens with zero attached hydrogens (tertiary/aromatic N) is 3. The number of pyridine rings is 1. The number of piperazine rings is 1. The highest BCUT2D eigenvalue weighted by Gasteiger charge is 2.23. The van der Waals surface area contributed by atoms with E-state index in [0.29, 0.717) is 36.7 Å². The van der Waals surface area contributed by atoms with Crippen LogP contribution in [0.3, 0.4) is 0 Å².